The van der Waals surface area contributed by atoms with Crippen LogP contribution in [-0.2, 0) is 4.74 Å². The molecule has 0 saturated heterocycles. The molecule has 0 aromatic rings. The van der Waals surface area contributed by atoms with Gasteiger partial charge in [0.2, 0.25) is 0 Å². The van der Waals surface area contributed by atoms with Gasteiger partial charge in [-0.05, 0) is 120 Å². The minimum absolute atomic E-state index is 0.183. The third-order valence-electron chi connectivity index (χ3n) is 11.1. The second-order valence-electron chi connectivity index (χ2n) is 12.7. The molecule has 0 amide bonds. The van der Waals surface area contributed by atoms with Crippen molar-refractivity contribution in [2.45, 2.75) is 128 Å². The monoisotopic (exact) mass is 433 g/mol. The highest BCUT2D eigenvalue weighted by Gasteiger charge is 2.71. The van der Waals surface area contributed by atoms with Gasteiger partial charge in [-0.3, -0.25) is 0 Å². The van der Waals surface area contributed by atoms with Crippen molar-refractivity contribution in [3.63, 3.8) is 0 Å². The molecule has 9 unspecified atom stereocenters. The quantitative estimate of drug-likeness (QED) is 0.494. The van der Waals surface area contributed by atoms with Gasteiger partial charge in [-0.25, -0.2) is 0 Å². The average molecular weight is 434 g/mol. The Hall–Kier alpha value is -0.160. The van der Waals surface area contributed by atoms with E-state index in [1.165, 1.54) is 51.4 Å². The van der Waals surface area contributed by atoms with Crippen LogP contribution in [0.2, 0.25) is 0 Å². The van der Waals surface area contributed by atoms with E-state index in [0.717, 1.165) is 44.1 Å². The zero-order chi connectivity index (χ0) is 22.5. The Bertz CT molecular complexity index is 642. The molecule has 5 N–H and O–H groups in total. The molecular weight excluding hydrogens is 382 g/mol. The third kappa shape index (κ3) is 3.63. The van der Waals surface area contributed by atoms with Gasteiger partial charge in [0.15, 0.2) is 0 Å². The standard InChI is InChI=1S/C27H51N3O/c1-19-11-13-25(4)21(18-19)12-14-26(28)22-9-10-23(24(22,3)15-16-27(25,26)29)31-20(2)8-6-7-17-30-5/h19-23,30H,6-18,28-29H2,1-5H3. The number of nitrogens with one attached hydrogen (secondary N) is 1. The second-order valence-corrected chi connectivity index (χ2v) is 12.7. The normalized spacial score (nSPS) is 50.4. The minimum atomic E-state index is -0.236. The number of unbranched alkanes of at least 4 members (excludes halogenated alkanes) is 1. The molecule has 0 radical (unpaired) electrons. The fraction of sp³-hybridized carbons (Fsp3) is 1.00. The lowest BCUT2D eigenvalue weighted by atomic mass is 9.38. The molecule has 4 nitrogen and oxygen atoms in total. The Morgan fingerprint density at radius 3 is 2.52 bits per heavy atom. The van der Waals surface area contributed by atoms with E-state index < -0.39 is 0 Å². The van der Waals surface area contributed by atoms with Crippen molar-refractivity contribution < 1.29 is 4.74 Å². The lowest BCUT2D eigenvalue weighted by molar-refractivity contribution is -0.166. The van der Waals surface area contributed by atoms with Gasteiger partial charge in [-0.15, -0.1) is 0 Å². The first-order valence-corrected chi connectivity index (χ1v) is 13.5. The molecular formula is C27H51N3O. The van der Waals surface area contributed by atoms with Gasteiger partial charge >= 0.3 is 0 Å². The summed E-state index contributed by atoms with van der Waals surface area (Å²) >= 11 is 0. The Labute approximate surface area is 192 Å². The summed E-state index contributed by atoms with van der Waals surface area (Å²) in [5.41, 5.74) is 15.0. The van der Waals surface area contributed by atoms with Crippen LogP contribution in [0.4, 0.5) is 0 Å². The largest absolute Gasteiger partial charge is 0.375 e. The molecule has 0 heterocycles. The van der Waals surface area contributed by atoms with Crippen LogP contribution in [0.1, 0.15) is 105 Å². The first kappa shape index (κ1) is 24.0. The zero-order valence-corrected chi connectivity index (χ0v) is 21.1. The van der Waals surface area contributed by atoms with Crippen LogP contribution in [0.15, 0.2) is 0 Å². The fourth-order valence-corrected chi connectivity index (χ4v) is 8.96. The van der Waals surface area contributed by atoms with Gasteiger partial charge in [0.25, 0.3) is 0 Å². The van der Waals surface area contributed by atoms with Gasteiger partial charge in [0, 0.05) is 11.1 Å². The Morgan fingerprint density at radius 1 is 1.00 bits per heavy atom. The molecule has 4 heteroatoms. The average Bonchev–Trinajstić information content (AvgIpc) is 3.06. The molecule has 9 atom stereocenters. The first-order chi connectivity index (χ1) is 14.6. The topological polar surface area (TPSA) is 73.3 Å². The maximum Gasteiger partial charge on any atom is 0.0635 e. The van der Waals surface area contributed by atoms with E-state index in [0.29, 0.717) is 18.1 Å². The molecule has 31 heavy (non-hydrogen) atoms. The summed E-state index contributed by atoms with van der Waals surface area (Å²) in [5.74, 6) is 2.10. The molecule has 4 aliphatic carbocycles. The van der Waals surface area contributed by atoms with E-state index in [1.54, 1.807) is 0 Å². The zero-order valence-electron chi connectivity index (χ0n) is 21.1. The Kier molecular flexibility index (Phi) is 6.62. The summed E-state index contributed by atoms with van der Waals surface area (Å²) < 4.78 is 6.75. The van der Waals surface area contributed by atoms with Crippen molar-refractivity contribution in [2.75, 3.05) is 13.6 Å². The number of ether oxygens (including phenoxy) is 1. The highest BCUT2D eigenvalue weighted by atomic mass is 16.5. The fourth-order valence-electron chi connectivity index (χ4n) is 8.96. The van der Waals surface area contributed by atoms with Crippen LogP contribution >= 0.6 is 0 Å². The molecule has 0 bridgehead atoms. The smallest absolute Gasteiger partial charge is 0.0635 e. The number of rotatable bonds is 7. The SMILES string of the molecule is CNCCCCC(C)OC1CCC2C1(C)CCC1(N)C3(C)CCC(C)CC3CCC21N. The van der Waals surface area contributed by atoms with Crippen LogP contribution in [0, 0.1) is 28.6 Å². The summed E-state index contributed by atoms with van der Waals surface area (Å²) in [4.78, 5) is 0. The predicted molar refractivity (Wildman–Crippen MR) is 130 cm³/mol. The third-order valence-corrected chi connectivity index (χ3v) is 11.1. The molecule has 0 aromatic heterocycles. The summed E-state index contributed by atoms with van der Waals surface area (Å²) in [7, 11) is 2.03. The number of hydrogen-bond acceptors (Lipinski definition) is 4. The summed E-state index contributed by atoms with van der Waals surface area (Å²) in [5, 5.41) is 3.25. The van der Waals surface area contributed by atoms with Crippen molar-refractivity contribution in [2.24, 2.45) is 40.1 Å². The molecule has 4 saturated carbocycles. The van der Waals surface area contributed by atoms with Gasteiger partial charge in [0.1, 0.15) is 0 Å². The highest BCUT2D eigenvalue weighted by molar-refractivity contribution is 5.28. The lowest BCUT2D eigenvalue weighted by Gasteiger charge is -2.70. The maximum absolute atomic E-state index is 7.52. The molecule has 0 aliphatic heterocycles. The van der Waals surface area contributed by atoms with E-state index in [1.807, 2.05) is 7.05 Å². The van der Waals surface area contributed by atoms with E-state index in [4.69, 9.17) is 16.2 Å². The Balaban J connectivity index is 1.50. The molecule has 180 valence electrons. The van der Waals surface area contributed by atoms with Crippen LogP contribution in [0.25, 0.3) is 0 Å². The summed E-state index contributed by atoms with van der Waals surface area (Å²) in [6.45, 7) is 10.8. The highest BCUT2D eigenvalue weighted by Crippen LogP contribution is 2.68. The van der Waals surface area contributed by atoms with Crippen molar-refractivity contribution in [1.82, 2.24) is 5.32 Å². The van der Waals surface area contributed by atoms with Crippen molar-refractivity contribution in [1.29, 1.82) is 0 Å². The number of hydrogen-bond donors (Lipinski definition) is 3. The molecule has 4 aliphatic rings. The van der Waals surface area contributed by atoms with Gasteiger partial charge in [-0.1, -0.05) is 27.2 Å². The predicted octanol–water partition coefficient (Wildman–Crippen LogP) is 4.99. The number of nitrogens with two attached hydrogens (primary N) is 2. The summed E-state index contributed by atoms with van der Waals surface area (Å²) in [6, 6.07) is 0. The lowest BCUT2D eigenvalue weighted by Crippen LogP contribution is -2.82. The first-order valence-electron chi connectivity index (χ1n) is 13.5. The van der Waals surface area contributed by atoms with Gasteiger partial charge in [0.05, 0.1) is 12.2 Å². The van der Waals surface area contributed by atoms with Crippen LogP contribution in [0.3, 0.4) is 0 Å². The minimum Gasteiger partial charge on any atom is -0.375 e. The summed E-state index contributed by atoms with van der Waals surface area (Å²) in [6.07, 6.45) is 15.2. The number of fused-ring (bicyclic) bond motifs is 5. The molecule has 0 aromatic carbocycles. The van der Waals surface area contributed by atoms with E-state index in [9.17, 15) is 0 Å². The van der Waals surface area contributed by atoms with Crippen molar-refractivity contribution in [3.8, 4) is 0 Å². The maximum atomic E-state index is 7.52. The van der Waals surface area contributed by atoms with Gasteiger partial charge in [-0.2, -0.15) is 0 Å². The van der Waals surface area contributed by atoms with E-state index in [2.05, 4.69) is 33.0 Å². The van der Waals surface area contributed by atoms with Crippen LogP contribution < -0.4 is 16.8 Å². The van der Waals surface area contributed by atoms with E-state index >= 15 is 0 Å². The van der Waals surface area contributed by atoms with Crippen LogP contribution in [-0.4, -0.2) is 36.9 Å². The van der Waals surface area contributed by atoms with E-state index in [-0.39, 0.29) is 21.9 Å². The molecule has 4 rings (SSSR count). The van der Waals surface area contributed by atoms with Crippen LogP contribution in [0.5, 0.6) is 0 Å². The molecule has 0 spiro atoms. The van der Waals surface area contributed by atoms with Crippen molar-refractivity contribution in [3.05, 3.63) is 0 Å². The van der Waals surface area contributed by atoms with Crippen molar-refractivity contribution >= 4 is 0 Å². The van der Waals surface area contributed by atoms with Gasteiger partial charge < -0.3 is 21.5 Å². The Morgan fingerprint density at radius 2 is 1.77 bits per heavy atom. The molecule has 4 fully saturated rings. The second kappa shape index (κ2) is 8.56.